The predicted octanol–water partition coefficient (Wildman–Crippen LogP) is 2.07. The molecule has 0 saturated heterocycles. The zero-order valence-corrected chi connectivity index (χ0v) is 9.04. The number of nitrogens with zero attached hydrogens (tertiary/aromatic N) is 1. The second-order valence-electron chi connectivity index (χ2n) is 3.23. The van der Waals surface area contributed by atoms with E-state index < -0.39 is 48.0 Å². The van der Waals surface area contributed by atoms with Crippen molar-refractivity contribution in [3.8, 4) is 5.75 Å². The number of alkyl halides is 5. The van der Waals surface area contributed by atoms with E-state index in [1.807, 2.05) is 0 Å². The molecule has 3 N–H and O–H groups in total. The van der Waals surface area contributed by atoms with E-state index >= 15 is 0 Å². The number of aromatic carboxylic acids is 1. The molecule has 0 bridgehead atoms. The van der Waals surface area contributed by atoms with Crippen molar-refractivity contribution in [1.29, 1.82) is 0 Å². The Bertz CT molecular complexity index is 489. The molecule has 0 aliphatic carbocycles. The van der Waals surface area contributed by atoms with E-state index in [-0.39, 0.29) is 0 Å². The van der Waals surface area contributed by atoms with Crippen LogP contribution in [0.25, 0.3) is 0 Å². The molecule has 1 rings (SSSR count). The first-order valence-electron chi connectivity index (χ1n) is 4.66. The van der Waals surface area contributed by atoms with Gasteiger partial charge in [-0.15, -0.1) is 13.2 Å². The molecule has 1 aromatic rings. The first-order chi connectivity index (χ1) is 8.65. The lowest BCUT2D eigenvalue weighted by molar-refractivity contribution is -0.275. The van der Waals surface area contributed by atoms with Crippen LogP contribution in [0.4, 0.5) is 22.0 Å². The number of ether oxygens (including phenoxy) is 1. The number of hydrogen-bond donors (Lipinski definition) is 2. The first kappa shape index (κ1) is 15.1. The number of hydrogen-bond acceptors (Lipinski definition) is 4. The Balaban J connectivity index is 3.44. The molecule has 0 unspecified atom stereocenters. The van der Waals surface area contributed by atoms with Crippen LogP contribution < -0.4 is 10.5 Å². The second kappa shape index (κ2) is 5.34. The zero-order valence-electron chi connectivity index (χ0n) is 9.04. The van der Waals surface area contributed by atoms with Crippen LogP contribution in [0.3, 0.4) is 0 Å². The molecule has 0 aliphatic heterocycles. The molecular weight excluding hydrogens is 279 g/mol. The van der Waals surface area contributed by atoms with E-state index in [9.17, 15) is 26.7 Å². The fraction of sp³-hybridized carbons (Fsp3) is 0.333. The molecule has 106 valence electrons. The molecule has 0 aliphatic rings. The number of nitrogens with two attached hydrogens (primary N) is 1. The molecule has 0 saturated carbocycles. The largest absolute Gasteiger partial charge is 0.573 e. The van der Waals surface area contributed by atoms with Gasteiger partial charge in [0.1, 0.15) is 11.4 Å². The number of carboxylic acids is 1. The second-order valence-corrected chi connectivity index (χ2v) is 3.23. The van der Waals surface area contributed by atoms with Crippen molar-refractivity contribution >= 4 is 5.97 Å². The summed E-state index contributed by atoms with van der Waals surface area (Å²) in [4.78, 5) is 13.8. The van der Waals surface area contributed by atoms with Crippen LogP contribution in [0.2, 0.25) is 0 Å². The maximum Gasteiger partial charge on any atom is 0.573 e. The van der Waals surface area contributed by atoms with Gasteiger partial charge in [0, 0.05) is 18.2 Å². The summed E-state index contributed by atoms with van der Waals surface area (Å²) in [7, 11) is 0. The van der Waals surface area contributed by atoms with E-state index in [1.54, 1.807) is 0 Å². The van der Waals surface area contributed by atoms with Gasteiger partial charge >= 0.3 is 12.3 Å². The fourth-order valence-corrected chi connectivity index (χ4v) is 1.27. The summed E-state index contributed by atoms with van der Waals surface area (Å²) >= 11 is 0. The molecule has 1 aromatic heterocycles. The Morgan fingerprint density at radius 3 is 2.42 bits per heavy atom. The number of halogens is 5. The third kappa shape index (κ3) is 3.74. The SMILES string of the molecule is NCc1c(OC(F)(F)F)cc(C(F)F)nc1C(=O)O. The summed E-state index contributed by atoms with van der Waals surface area (Å²) in [5.74, 6) is -2.88. The molecule has 0 fully saturated rings. The van der Waals surface area contributed by atoms with Gasteiger partial charge in [0.15, 0.2) is 5.69 Å². The molecular formula is C9H7F5N2O3. The van der Waals surface area contributed by atoms with E-state index in [0.29, 0.717) is 6.07 Å². The summed E-state index contributed by atoms with van der Waals surface area (Å²) in [6.07, 6.45) is -8.42. The Hall–Kier alpha value is -1.97. The smallest absolute Gasteiger partial charge is 0.476 e. The van der Waals surface area contributed by atoms with Gasteiger partial charge < -0.3 is 15.6 Å². The summed E-state index contributed by atoms with van der Waals surface area (Å²) in [6, 6.07) is 0.312. The van der Waals surface area contributed by atoms with Crippen LogP contribution in [-0.4, -0.2) is 22.4 Å². The number of carbonyl (C=O) groups is 1. The highest BCUT2D eigenvalue weighted by atomic mass is 19.4. The highest BCUT2D eigenvalue weighted by molar-refractivity contribution is 5.88. The minimum atomic E-state index is -5.17. The fourth-order valence-electron chi connectivity index (χ4n) is 1.27. The summed E-state index contributed by atoms with van der Waals surface area (Å²) in [6.45, 7) is -0.663. The Kier molecular flexibility index (Phi) is 4.24. The van der Waals surface area contributed by atoms with Crippen LogP contribution in [0.5, 0.6) is 5.75 Å². The standard InChI is InChI=1S/C9H7F5N2O3/c10-7(11)4-1-5(19-9(12,13)14)3(2-15)6(16-4)8(17)18/h1,7H,2,15H2,(H,17,18). The minimum Gasteiger partial charge on any atom is -0.476 e. The minimum absolute atomic E-state index is 0.312. The van der Waals surface area contributed by atoms with Gasteiger partial charge in [-0.2, -0.15) is 0 Å². The van der Waals surface area contributed by atoms with Gasteiger partial charge in [-0.1, -0.05) is 0 Å². The Morgan fingerprint density at radius 2 is 2.05 bits per heavy atom. The number of rotatable bonds is 4. The van der Waals surface area contributed by atoms with Gasteiger partial charge in [0.25, 0.3) is 6.43 Å². The molecule has 0 radical (unpaired) electrons. The van der Waals surface area contributed by atoms with E-state index in [2.05, 4.69) is 9.72 Å². The number of pyridine rings is 1. The van der Waals surface area contributed by atoms with Crippen molar-refractivity contribution in [2.75, 3.05) is 0 Å². The first-order valence-corrected chi connectivity index (χ1v) is 4.66. The van der Waals surface area contributed by atoms with E-state index in [1.165, 1.54) is 0 Å². The third-order valence-corrected chi connectivity index (χ3v) is 1.96. The van der Waals surface area contributed by atoms with Crippen molar-refractivity contribution in [2.45, 2.75) is 19.3 Å². The summed E-state index contributed by atoms with van der Waals surface area (Å²) in [5.41, 5.74) is 2.33. The van der Waals surface area contributed by atoms with Crippen molar-refractivity contribution in [3.05, 3.63) is 23.0 Å². The van der Waals surface area contributed by atoms with Gasteiger partial charge in [-0.25, -0.2) is 18.6 Å². The summed E-state index contributed by atoms with van der Waals surface area (Å²) in [5, 5.41) is 8.73. The van der Waals surface area contributed by atoms with Gasteiger partial charge in [-0.05, 0) is 0 Å². The maximum atomic E-state index is 12.4. The monoisotopic (exact) mass is 286 g/mol. The third-order valence-electron chi connectivity index (χ3n) is 1.96. The topological polar surface area (TPSA) is 85.4 Å². The van der Waals surface area contributed by atoms with E-state index in [4.69, 9.17) is 10.8 Å². The van der Waals surface area contributed by atoms with Crippen molar-refractivity contribution in [3.63, 3.8) is 0 Å². The van der Waals surface area contributed by atoms with Gasteiger partial charge in [0.2, 0.25) is 0 Å². The average molecular weight is 286 g/mol. The highest BCUT2D eigenvalue weighted by Crippen LogP contribution is 2.31. The normalized spacial score (nSPS) is 11.7. The molecule has 10 heteroatoms. The van der Waals surface area contributed by atoms with Crippen LogP contribution in [0.15, 0.2) is 6.07 Å². The van der Waals surface area contributed by atoms with Crippen molar-refractivity contribution in [1.82, 2.24) is 4.98 Å². The molecule has 0 spiro atoms. The Morgan fingerprint density at radius 1 is 1.47 bits per heavy atom. The van der Waals surface area contributed by atoms with E-state index in [0.717, 1.165) is 0 Å². The molecule has 0 amide bonds. The maximum absolute atomic E-state index is 12.4. The van der Waals surface area contributed by atoms with Crippen LogP contribution in [0.1, 0.15) is 28.2 Å². The van der Waals surface area contributed by atoms with Gasteiger partial charge in [-0.3, -0.25) is 0 Å². The molecule has 0 aromatic carbocycles. The lowest BCUT2D eigenvalue weighted by Crippen LogP contribution is -2.21. The van der Waals surface area contributed by atoms with Crippen LogP contribution >= 0.6 is 0 Å². The highest BCUT2D eigenvalue weighted by Gasteiger charge is 2.34. The quantitative estimate of drug-likeness (QED) is 0.828. The zero-order chi connectivity index (χ0) is 14.8. The van der Waals surface area contributed by atoms with Crippen LogP contribution in [-0.2, 0) is 6.54 Å². The molecule has 5 nitrogen and oxygen atoms in total. The average Bonchev–Trinajstić information content (AvgIpc) is 2.25. The number of aromatic nitrogens is 1. The predicted molar refractivity (Wildman–Crippen MR) is 50.7 cm³/mol. The lowest BCUT2D eigenvalue weighted by atomic mass is 10.1. The molecule has 0 atom stereocenters. The summed E-state index contributed by atoms with van der Waals surface area (Å²) < 4.78 is 64.7. The van der Waals surface area contributed by atoms with Crippen molar-refractivity contribution < 1.29 is 36.6 Å². The number of carboxylic acid groups (broad SMARTS) is 1. The lowest BCUT2D eigenvalue weighted by Gasteiger charge is -2.15. The van der Waals surface area contributed by atoms with Crippen molar-refractivity contribution in [2.24, 2.45) is 5.73 Å². The molecule has 1 heterocycles. The Labute approximate surface area is 102 Å². The van der Waals surface area contributed by atoms with Crippen LogP contribution in [0, 0.1) is 0 Å². The molecule has 19 heavy (non-hydrogen) atoms. The van der Waals surface area contributed by atoms with Gasteiger partial charge in [0.05, 0.1) is 0 Å².